The minimum absolute atomic E-state index is 0.00212. The zero-order valence-electron chi connectivity index (χ0n) is 15.9. The average molecular weight is 396 g/mol. The molecular formula is C22H25N3O2S. The number of rotatable bonds is 4. The fourth-order valence-electron chi connectivity index (χ4n) is 4.39. The molecule has 6 heteroatoms. The van der Waals surface area contributed by atoms with Crippen LogP contribution in [0.5, 0.6) is 0 Å². The van der Waals surface area contributed by atoms with Crippen molar-refractivity contribution in [2.45, 2.75) is 56.1 Å². The Kier molecular flexibility index (Phi) is 4.89. The van der Waals surface area contributed by atoms with E-state index in [1.54, 1.807) is 0 Å². The van der Waals surface area contributed by atoms with Gasteiger partial charge in [-0.15, -0.1) is 0 Å². The van der Waals surface area contributed by atoms with E-state index in [0.29, 0.717) is 24.1 Å². The lowest BCUT2D eigenvalue weighted by Crippen LogP contribution is -2.35. The first-order valence-electron chi connectivity index (χ1n) is 10.2. The number of hydrogen-bond donors (Lipinski definition) is 1. The van der Waals surface area contributed by atoms with E-state index in [-0.39, 0.29) is 5.91 Å². The van der Waals surface area contributed by atoms with Crippen LogP contribution in [0.1, 0.15) is 59.5 Å². The number of thioether (sulfide) groups is 1. The molecule has 0 bridgehead atoms. The molecule has 1 amide bonds. The number of carbonyl (C=O) groups is 1. The SMILES string of the molecule is O=C(c1oc2ccccc2c1CSC1CCCCC1)N1CCc2[nH]ncc2C1. The van der Waals surface area contributed by atoms with Gasteiger partial charge in [0.15, 0.2) is 5.76 Å². The Morgan fingerprint density at radius 2 is 2.11 bits per heavy atom. The van der Waals surface area contributed by atoms with E-state index >= 15 is 0 Å². The Balaban J connectivity index is 1.42. The van der Waals surface area contributed by atoms with Crippen LogP contribution >= 0.6 is 11.8 Å². The fraction of sp³-hybridized carbons (Fsp3) is 0.455. The Hall–Kier alpha value is -2.21. The van der Waals surface area contributed by atoms with Gasteiger partial charge >= 0.3 is 0 Å². The molecule has 1 saturated carbocycles. The van der Waals surface area contributed by atoms with Crippen molar-refractivity contribution in [3.05, 3.63) is 53.0 Å². The molecule has 3 aromatic rings. The van der Waals surface area contributed by atoms with E-state index in [9.17, 15) is 4.79 Å². The van der Waals surface area contributed by atoms with E-state index in [4.69, 9.17) is 4.42 Å². The minimum atomic E-state index is 0.00212. The number of carbonyl (C=O) groups excluding carboxylic acids is 1. The van der Waals surface area contributed by atoms with Crippen molar-refractivity contribution in [3.63, 3.8) is 0 Å². The van der Waals surface area contributed by atoms with Crippen LogP contribution in [-0.2, 0) is 18.7 Å². The molecule has 28 heavy (non-hydrogen) atoms. The van der Waals surface area contributed by atoms with Crippen LogP contribution in [-0.4, -0.2) is 32.8 Å². The number of furan rings is 1. The van der Waals surface area contributed by atoms with E-state index in [1.807, 2.05) is 41.1 Å². The molecule has 1 fully saturated rings. The predicted octanol–water partition coefficient (Wildman–Crippen LogP) is 4.92. The summed E-state index contributed by atoms with van der Waals surface area (Å²) in [5, 5.41) is 8.93. The molecule has 146 valence electrons. The van der Waals surface area contributed by atoms with Crippen LogP contribution in [0.4, 0.5) is 0 Å². The van der Waals surface area contributed by atoms with Gasteiger partial charge in [-0.3, -0.25) is 9.89 Å². The summed E-state index contributed by atoms with van der Waals surface area (Å²) in [5.74, 6) is 1.37. The average Bonchev–Trinajstić information content (AvgIpc) is 3.36. The summed E-state index contributed by atoms with van der Waals surface area (Å²) in [7, 11) is 0. The zero-order valence-corrected chi connectivity index (χ0v) is 16.8. The summed E-state index contributed by atoms with van der Waals surface area (Å²) >= 11 is 1.99. The summed E-state index contributed by atoms with van der Waals surface area (Å²) < 4.78 is 6.10. The number of nitrogens with one attached hydrogen (secondary N) is 1. The van der Waals surface area contributed by atoms with Gasteiger partial charge in [-0.05, 0) is 18.9 Å². The van der Waals surface area contributed by atoms with Crippen molar-refractivity contribution in [1.29, 1.82) is 0 Å². The number of aromatic nitrogens is 2. The molecule has 1 aliphatic heterocycles. The van der Waals surface area contributed by atoms with Crippen LogP contribution in [0.25, 0.3) is 11.0 Å². The highest BCUT2D eigenvalue weighted by molar-refractivity contribution is 7.99. The number of fused-ring (bicyclic) bond motifs is 2. The zero-order chi connectivity index (χ0) is 18.9. The highest BCUT2D eigenvalue weighted by atomic mass is 32.2. The molecule has 0 saturated heterocycles. The maximum Gasteiger partial charge on any atom is 0.290 e. The molecule has 0 radical (unpaired) electrons. The molecule has 1 aliphatic carbocycles. The van der Waals surface area contributed by atoms with Crippen molar-refractivity contribution in [2.75, 3.05) is 6.54 Å². The van der Waals surface area contributed by atoms with E-state index < -0.39 is 0 Å². The third-order valence-corrected chi connectivity index (χ3v) is 7.39. The second-order valence-electron chi connectivity index (χ2n) is 7.83. The number of benzene rings is 1. The summed E-state index contributed by atoms with van der Waals surface area (Å²) in [4.78, 5) is 15.3. The van der Waals surface area contributed by atoms with Crippen molar-refractivity contribution < 1.29 is 9.21 Å². The smallest absolute Gasteiger partial charge is 0.290 e. The number of hydrogen-bond acceptors (Lipinski definition) is 4. The van der Waals surface area contributed by atoms with Gasteiger partial charge in [-0.25, -0.2) is 0 Å². The van der Waals surface area contributed by atoms with Crippen LogP contribution in [0, 0.1) is 0 Å². The molecular weight excluding hydrogens is 370 g/mol. The van der Waals surface area contributed by atoms with Crippen LogP contribution in [0.3, 0.4) is 0 Å². The number of H-pyrrole nitrogens is 1. The molecule has 0 spiro atoms. The summed E-state index contributed by atoms with van der Waals surface area (Å²) in [6, 6.07) is 8.04. The van der Waals surface area contributed by atoms with E-state index in [0.717, 1.165) is 40.0 Å². The highest BCUT2D eigenvalue weighted by Crippen LogP contribution is 2.35. The first kappa shape index (κ1) is 17.9. The molecule has 5 rings (SSSR count). The van der Waals surface area contributed by atoms with Crippen molar-refractivity contribution in [3.8, 4) is 0 Å². The maximum atomic E-state index is 13.4. The Bertz CT molecular complexity index is 987. The van der Waals surface area contributed by atoms with Crippen molar-refractivity contribution in [1.82, 2.24) is 15.1 Å². The normalized spacial score (nSPS) is 17.8. The monoisotopic (exact) mass is 395 g/mol. The van der Waals surface area contributed by atoms with Crippen molar-refractivity contribution in [2.24, 2.45) is 0 Å². The maximum absolute atomic E-state index is 13.4. The first-order valence-corrected chi connectivity index (χ1v) is 11.3. The standard InChI is InChI=1S/C22H25N3O2S/c26-22(25-11-10-19-15(13-25)12-23-24-19)21-18(14-28-16-6-2-1-3-7-16)17-8-4-5-9-20(17)27-21/h4-5,8-9,12,16H,1-3,6-7,10-11,13-14H2,(H,23,24). The summed E-state index contributed by atoms with van der Waals surface area (Å²) in [6.07, 6.45) is 9.24. The largest absolute Gasteiger partial charge is 0.451 e. The third-order valence-electron chi connectivity index (χ3n) is 6.00. The topological polar surface area (TPSA) is 62.1 Å². The highest BCUT2D eigenvalue weighted by Gasteiger charge is 2.29. The lowest BCUT2D eigenvalue weighted by atomic mass is 10.0. The quantitative estimate of drug-likeness (QED) is 0.681. The van der Waals surface area contributed by atoms with Crippen LogP contribution in [0.2, 0.25) is 0 Å². The van der Waals surface area contributed by atoms with Gasteiger partial charge in [0.1, 0.15) is 5.58 Å². The Labute approximate surface area is 168 Å². The number of nitrogens with zero attached hydrogens (tertiary/aromatic N) is 2. The second kappa shape index (κ2) is 7.66. The first-order chi connectivity index (χ1) is 13.8. The lowest BCUT2D eigenvalue weighted by Gasteiger charge is -2.26. The Morgan fingerprint density at radius 1 is 1.25 bits per heavy atom. The lowest BCUT2D eigenvalue weighted by molar-refractivity contribution is 0.0703. The fourth-order valence-corrected chi connectivity index (χ4v) is 5.74. The molecule has 5 nitrogen and oxygen atoms in total. The molecule has 2 aliphatic rings. The van der Waals surface area contributed by atoms with Crippen molar-refractivity contribution >= 4 is 28.6 Å². The molecule has 3 heterocycles. The van der Waals surface area contributed by atoms with Gasteiger partial charge in [-0.1, -0.05) is 37.5 Å². The number of para-hydroxylation sites is 1. The van der Waals surface area contributed by atoms with E-state index in [2.05, 4.69) is 16.3 Å². The molecule has 0 atom stereocenters. The van der Waals surface area contributed by atoms with Gasteiger partial charge in [0.2, 0.25) is 0 Å². The summed E-state index contributed by atoms with van der Waals surface area (Å²) in [6.45, 7) is 1.29. The van der Waals surface area contributed by atoms with Crippen LogP contribution < -0.4 is 0 Å². The van der Waals surface area contributed by atoms with Gasteiger partial charge in [-0.2, -0.15) is 16.9 Å². The van der Waals surface area contributed by atoms with Gasteiger partial charge in [0.25, 0.3) is 5.91 Å². The molecule has 1 N–H and O–H groups in total. The molecule has 1 aromatic carbocycles. The van der Waals surface area contributed by atoms with Gasteiger partial charge < -0.3 is 9.32 Å². The summed E-state index contributed by atoms with van der Waals surface area (Å²) in [5.41, 5.74) is 4.12. The van der Waals surface area contributed by atoms with Gasteiger partial charge in [0, 0.05) is 52.7 Å². The second-order valence-corrected chi connectivity index (χ2v) is 9.12. The minimum Gasteiger partial charge on any atom is -0.451 e. The number of amides is 1. The number of aromatic amines is 1. The molecule has 2 aromatic heterocycles. The van der Waals surface area contributed by atoms with Crippen LogP contribution in [0.15, 0.2) is 34.9 Å². The predicted molar refractivity (Wildman–Crippen MR) is 111 cm³/mol. The Morgan fingerprint density at radius 3 is 3.00 bits per heavy atom. The van der Waals surface area contributed by atoms with Gasteiger partial charge in [0.05, 0.1) is 6.20 Å². The molecule has 0 unspecified atom stereocenters. The van der Waals surface area contributed by atoms with E-state index in [1.165, 1.54) is 32.1 Å². The third kappa shape index (κ3) is 3.34.